The van der Waals surface area contributed by atoms with E-state index in [1.807, 2.05) is 0 Å². The van der Waals surface area contributed by atoms with Crippen molar-refractivity contribution in [2.75, 3.05) is 7.11 Å². The number of fused-ring (bicyclic) bond motifs is 5. The normalized spacial score (nSPS) is 42.7. The summed E-state index contributed by atoms with van der Waals surface area (Å²) in [5.41, 5.74) is 2.53. The van der Waals surface area contributed by atoms with Crippen molar-refractivity contribution in [3.05, 3.63) is 11.6 Å². The van der Waals surface area contributed by atoms with Crippen molar-refractivity contribution in [3.63, 3.8) is 0 Å². The van der Waals surface area contributed by atoms with Crippen LogP contribution < -0.4 is 0 Å². The van der Waals surface area contributed by atoms with Crippen LogP contribution in [0.25, 0.3) is 0 Å². The number of oxime groups is 1. The van der Waals surface area contributed by atoms with E-state index in [0.29, 0.717) is 36.5 Å². The van der Waals surface area contributed by atoms with Crippen LogP contribution in [0.15, 0.2) is 16.8 Å². The zero-order chi connectivity index (χ0) is 22.6. The van der Waals surface area contributed by atoms with Crippen molar-refractivity contribution in [1.29, 1.82) is 0 Å². The number of alkyl halides is 3. The lowest BCUT2D eigenvalue weighted by molar-refractivity contribution is -0.206. The molecule has 0 radical (unpaired) electrons. The molecule has 3 fully saturated rings. The number of nitrogens with zero attached hydrogens (tertiary/aromatic N) is 1. The number of halogens is 3. The summed E-state index contributed by atoms with van der Waals surface area (Å²) in [4.78, 5) is 16.4. The molecule has 0 N–H and O–H groups in total. The lowest BCUT2D eigenvalue weighted by atomic mass is 9.47. The number of rotatable bonds is 3. The van der Waals surface area contributed by atoms with E-state index in [1.165, 1.54) is 12.0 Å². The highest BCUT2D eigenvalue weighted by atomic mass is 19.4. The zero-order valence-corrected chi connectivity index (χ0v) is 18.9. The molecule has 7 heteroatoms. The highest BCUT2D eigenvalue weighted by molar-refractivity contribution is 5.85. The van der Waals surface area contributed by atoms with Gasteiger partial charge in [-0.05, 0) is 80.5 Å². The number of carbonyl (C=O) groups is 1. The summed E-state index contributed by atoms with van der Waals surface area (Å²) >= 11 is 0. The summed E-state index contributed by atoms with van der Waals surface area (Å²) in [6.45, 7) is 6.80. The smallest absolute Gasteiger partial charge is 0.455 e. The van der Waals surface area contributed by atoms with Crippen LogP contribution >= 0.6 is 0 Å². The van der Waals surface area contributed by atoms with Gasteiger partial charge in [0.05, 0.1) is 5.71 Å². The summed E-state index contributed by atoms with van der Waals surface area (Å²) in [5, 5.41) is 4.26. The van der Waals surface area contributed by atoms with E-state index in [1.54, 1.807) is 7.11 Å². The van der Waals surface area contributed by atoms with Crippen molar-refractivity contribution in [2.24, 2.45) is 39.7 Å². The molecule has 0 saturated heterocycles. The average molecular weight is 442 g/mol. The minimum Gasteiger partial charge on any atom is -0.455 e. The Hall–Kier alpha value is -1.53. The first-order valence-electron chi connectivity index (χ1n) is 11.6. The molecular weight excluding hydrogens is 407 g/mol. The maximum atomic E-state index is 12.6. The fourth-order valence-corrected chi connectivity index (χ4v) is 7.84. The van der Waals surface area contributed by atoms with Crippen molar-refractivity contribution in [3.8, 4) is 0 Å². The third kappa shape index (κ3) is 3.70. The van der Waals surface area contributed by atoms with Crippen LogP contribution in [0.1, 0.15) is 72.1 Å². The molecular formula is C24H34F3NO3. The van der Waals surface area contributed by atoms with Gasteiger partial charge in [0.1, 0.15) is 13.2 Å². The summed E-state index contributed by atoms with van der Waals surface area (Å²) in [6, 6.07) is 0. The van der Waals surface area contributed by atoms with Crippen LogP contribution in [0.3, 0.4) is 0 Å². The third-order valence-electron chi connectivity index (χ3n) is 9.30. The van der Waals surface area contributed by atoms with Gasteiger partial charge in [-0.2, -0.15) is 13.2 Å². The van der Waals surface area contributed by atoms with E-state index in [2.05, 4.69) is 32.0 Å². The monoisotopic (exact) mass is 441 g/mol. The van der Waals surface area contributed by atoms with Crippen LogP contribution in [0, 0.1) is 34.5 Å². The minimum atomic E-state index is -4.93. The molecule has 31 heavy (non-hydrogen) atoms. The molecule has 0 amide bonds. The summed E-state index contributed by atoms with van der Waals surface area (Å²) in [7, 11) is 1.60. The first kappa shape index (κ1) is 22.7. The van der Waals surface area contributed by atoms with E-state index < -0.39 is 18.2 Å². The second-order valence-corrected chi connectivity index (χ2v) is 10.6. The Morgan fingerprint density at radius 1 is 1.13 bits per heavy atom. The molecule has 174 valence electrons. The Morgan fingerprint density at radius 3 is 2.55 bits per heavy atom. The molecule has 7 atom stereocenters. The first-order valence-corrected chi connectivity index (χ1v) is 11.6. The molecule has 4 aliphatic rings. The van der Waals surface area contributed by atoms with Crippen molar-refractivity contribution >= 4 is 11.7 Å². The lowest BCUT2D eigenvalue weighted by Crippen LogP contribution is -2.51. The molecule has 4 nitrogen and oxygen atoms in total. The predicted molar refractivity (Wildman–Crippen MR) is 111 cm³/mol. The molecule has 0 aromatic carbocycles. The average Bonchev–Trinajstić information content (AvgIpc) is 3.05. The van der Waals surface area contributed by atoms with Crippen LogP contribution in [-0.2, 0) is 14.4 Å². The SMILES string of the molecule is CO/N=C(\C)C1CCC2C3CC=C4CC(OC(=O)C(F)(F)F)CCC4(C)C3CCC12C. The second-order valence-electron chi connectivity index (χ2n) is 10.6. The molecule has 0 aliphatic heterocycles. The van der Waals surface area contributed by atoms with Gasteiger partial charge in [0.15, 0.2) is 0 Å². The van der Waals surface area contributed by atoms with Crippen molar-refractivity contribution in [1.82, 2.24) is 0 Å². The van der Waals surface area contributed by atoms with E-state index in [9.17, 15) is 18.0 Å². The predicted octanol–water partition coefficient (Wildman–Crippen LogP) is 6.06. The molecule has 4 aliphatic carbocycles. The number of allylic oxidation sites excluding steroid dienone is 1. The second kappa shape index (κ2) is 7.80. The topological polar surface area (TPSA) is 47.9 Å². The largest absolute Gasteiger partial charge is 0.490 e. The van der Waals surface area contributed by atoms with Crippen LogP contribution in [-0.4, -0.2) is 31.1 Å². The van der Waals surface area contributed by atoms with Gasteiger partial charge in [-0.1, -0.05) is 30.7 Å². The quantitative estimate of drug-likeness (QED) is 0.231. The molecule has 4 rings (SSSR count). The van der Waals surface area contributed by atoms with Gasteiger partial charge in [0, 0.05) is 12.3 Å². The zero-order valence-electron chi connectivity index (χ0n) is 18.9. The Kier molecular flexibility index (Phi) is 5.70. The molecule has 0 bridgehead atoms. The standard InChI is InChI=1S/C24H34F3NO3/c1-14(28-30-4)18-7-8-19-17-6-5-15-13-16(31-21(29)24(25,26)27)9-11-22(15,2)20(17)10-12-23(18,19)3/h5,16-20H,6-13H2,1-4H3/b28-14+. The van der Waals surface area contributed by atoms with E-state index in [4.69, 9.17) is 9.57 Å². The highest BCUT2D eigenvalue weighted by Gasteiger charge is 2.59. The summed E-state index contributed by atoms with van der Waals surface area (Å²) in [6.07, 6.45) is 4.00. The molecule has 7 unspecified atom stereocenters. The van der Waals surface area contributed by atoms with Crippen LogP contribution in [0.2, 0.25) is 0 Å². The van der Waals surface area contributed by atoms with Crippen LogP contribution in [0.5, 0.6) is 0 Å². The van der Waals surface area contributed by atoms with Gasteiger partial charge in [-0.25, -0.2) is 4.79 Å². The van der Waals surface area contributed by atoms with Gasteiger partial charge in [0.2, 0.25) is 0 Å². The van der Waals surface area contributed by atoms with E-state index >= 15 is 0 Å². The maximum Gasteiger partial charge on any atom is 0.490 e. The first-order chi connectivity index (χ1) is 14.5. The molecule has 0 spiro atoms. The fraction of sp³-hybridized carbons (Fsp3) is 0.833. The van der Waals surface area contributed by atoms with Crippen LogP contribution in [0.4, 0.5) is 13.2 Å². The van der Waals surface area contributed by atoms with E-state index in [-0.39, 0.29) is 10.8 Å². The van der Waals surface area contributed by atoms with Crippen molar-refractivity contribution < 1.29 is 27.5 Å². The molecule has 0 heterocycles. The Labute approximate surface area is 182 Å². The molecule has 3 saturated carbocycles. The van der Waals surface area contributed by atoms with Gasteiger partial charge in [-0.15, -0.1) is 0 Å². The minimum absolute atomic E-state index is 0.000856. The number of hydrogen-bond acceptors (Lipinski definition) is 4. The third-order valence-corrected chi connectivity index (χ3v) is 9.30. The van der Waals surface area contributed by atoms with Gasteiger partial charge >= 0.3 is 12.1 Å². The molecule has 0 aromatic heterocycles. The van der Waals surface area contributed by atoms with Gasteiger partial charge in [-0.3, -0.25) is 0 Å². The lowest BCUT2D eigenvalue weighted by Gasteiger charge is -2.58. The number of carbonyl (C=O) groups excluding carboxylic acids is 1. The van der Waals surface area contributed by atoms with Crippen molar-refractivity contribution in [2.45, 2.75) is 84.4 Å². The molecule has 0 aromatic rings. The number of hydrogen-bond donors (Lipinski definition) is 0. The van der Waals surface area contributed by atoms with E-state index in [0.717, 1.165) is 37.8 Å². The number of ether oxygens (including phenoxy) is 1. The van der Waals surface area contributed by atoms with Gasteiger partial charge in [0.25, 0.3) is 0 Å². The Morgan fingerprint density at radius 2 is 1.87 bits per heavy atom. The Balaban J connectivity index is 1.52. The highest BCUT2D eigenvalue weighted by Crippen LogP contribution is 2.66. The summed E-state index contributed by atoms with van der Waals surface area (Å²) in [5.74, 6) is 0.169. The fourth-order valence-electron chi connectivity index (χ4n) is 7.84. The van der Waals surface area contributed by atoms with Gasteiger partial charge < -0.3 is 9.57 Å². The summed E-state index contributed by atoms with van der Waals surface area (Å²) < 4.78 is 42.7. The maximum absolute atomic E-state index is 12.6. The Bertz CT molecular complexity index is 791. The number of esters is 1.